The van der Waals surface area contributed by atoms with Gasteiger partial charge in [0.25, 0.3) is 0 Å². The van der Waals surface area contributed by atoms with Crippen molar-refractivity contribution in [3.05, 3.63) is 30.3 Å². The lowest BCUT2D eigenvalue weighted by Gasteiger charge is -2.33. The Morgan fingerprint density at radius 3 is 2.54 bits per heavy atom. The van der Waals surface area contributed by atoms with Crippen LogP contribution in [0.25, 0.3) is 0 Å². The summed E-state index contributed by atoms with van der Waals surface area (Å²) in [7, 11) is -3.22. The van der Waals surface area contributed by atoms with Gasteiger partial charge in [-0.2, -0.15) is 0 Å². The molecule has 0 amide bonds. The molecule has 1 aromatic carbocycles. The lowest BCUT2D eigenvalue weighted by molar-refractivity contribution is 0.203. The largest absolute Gasteiger partial charge is 0.357 e. The van der Waals surface area contributed by atoms with Gasteiger partial charge in [-0.25, -0.2) is 8.42 Å². The minimum Gasteiger partial charge on any atom is -0.357 e. The molecule has 158 valence electrons. The fourth-order valence-electron chi connectivity index (χ4n) is 4.44. The summed E-state index contributed by atoms with van der Waals surface area (Å²) in [6, 6.07) is 8.69. The number of likely N-dealkylation sites (tertiary alicyclic amines) is 1. The Morgan fingerprint density at radius 2 is 1.86 bits per heavy atom. The van der Waals surface area contributed by atoms with Crippen molar-refractivity contribution in [3.63, 3.8) is 0 Å². The van der Waals surface area contributed by atoms with Crippen LogP contribution in [-0.4, -0.2) is 51.2 Å². The first-order chi connectivity index (χ1) is 13.0. The van der Waals surface area contributed by atoms with Gasteiger partial charge < -0.3 is 10.2 Å². The standard InChI is InChI=1S/C21H33N3O2S.HI/c1-2-22-20(24-16-14-21(18-24)12-7-4-8-13-21)23-15-9-17-27(25,26)19-10-5-3-6-11-19;/h3,5-6,10-11H,2,4,7-9,12-18H2,1H3,(H,22,23);1H. The summed E-state index contributed by atoms with van der Waals surface area (Å²) < 4.78 is 24.8. The number of hydrogen-bond acceptors (Lipinski definition) is 3. The molecule has 5 nitrogen and oxygen atoms in total. The van der Waals surface area contributed by atoms with Crippen molar-refractivity contribution in [2.75, 3.05) is 31.9 Å². The van der Waals surface area contributed by atoms with E-state index >= 15 is 0 Å². The Hall–Kier alpha value is -0.830. The van der Waals surface area contributed by atoms with E-state index in [0.29, 0.717) is 23.3 Å². The maximum Gasteiger partial charge on any atom is 0.193 e. The van der Waals surface area contributed by atoms with E-state index in [1.807, 2.05) is 6.07 Å². The van der Waals surface area contributed by atoms with Crippen molar-refractivity contribution >= 4 is 39.8 Å². The second-order valence-electron chi connectivity index (χ2n) is 7.95. The molecule has 7 heteroatoms. The molecule has 1 N–H and O–H groups in total. The van der Waals surface area contributed by atoms with Gasteiger partial charge in [0.2, 0.25) is 0 Å². The fourth-order valence-corrected chi connectivity index (χ4v) is 5.75. The number of halogens is 1. The van der Waals surface area contributed by atoms with Crippen LogP contribution >= 0.6 is 24.0 Å². The van der Waals surface area contributed by atoms with E-state index in [-0.39, 0.29) is 29.7 Å². The van der Waals surface area contributed by atoms with Gasteiger partial charge in [0.1, 0.15) is 0 Å². The summed E-state index contributed by atoms with van der Waals surface area (Å²) in [6.45, 7) is 5.62. The number of guanidine groups is 1. The van der Waals surface area contributed by atoms with Crippen LogP contribution in [0.5, 0.6) is 0 Å². The topological polar surface area (TPSA) is 61.8 Å². The Kier molecular flexibility index (Phi) is 9.05. The average molecular weight is 519 g/mol. The SMILES string of the molecule is CCNC(=NCCCS(=O)(=O)c1ccccc1)N1CCC2(CCCCC2)C1.I. The van der Waals surface area contributed by atoms with E-state index in [1.54, 1.807) is 24.3 Å². The fraction of sp³-hybridized carbons (Fsp3) is 0.667. The number of hydrogen-bond donors (Lipinski definition) is 1. The Labute approximate surface area is 187 Å². The molecule has 1 spiro atoms. The molecular formula is C21H34IN3O2S. The number of aliphatic imine (C=N–C) groups is 1. The van der Waals surface area contributed by atoms with Crippen molar-refractivity contribution in [2.24, 2.45) is 10.4 Å². The maximum atomic E-state index is 12.4. The number of nitrogens with one attached hydrogen (secondary N) is 1. The van der Waals surface area contributed by atoms with Crippen LogP contribution in [0.15, 0.2) is 40.2 Å². The molecule has 1 aliphatic heterocycles. The van der Waals surface area contributed by atoms with Crippen LogP contribution in [0, 0.1) is 5.41 Å². The molecule has 28 heavy (non-hydrogen) atoms. The normalized spacial score (nSPS) is 19.5. The highest BCUT2D eigenvalue weighted by Gasteiger charge is 2.39. The summed E-state index contributed by atoms with van der Waals surface area (Å²) in [6.07, 6.45) is 8.60. The van der Waals surface area contributed by atoms with Crippen LogP contribution in [-0.2, 0) is 9.84 Å². The maximum absolute atomic E-state index is 12.4. The summed E-state index contributed by atoms with van der Waals surface area (Å²) in [4.78, 5) is 7.53. The van der Waals surface area contributed by atoms with Gasteiger partial charge in [-0.1, -0.05) is 37.5 Å². The highest BCUT2D eigenvalue weighted by molar-refractivity contribution is 14.0. The smallest absolute Gasteiger partial charge is 0.193 e. The van der Waals surface area contributed by atoms with E-state index in [1.165, 1.54) is 38.5 Å². The van der Waals surface area contributed by atoms with Crippen molar-refractivity contribution in [3.8, 4) is 0 Å². The van der Waals surface area contributed by atoms with E-state index < -0.39 is 9.84 Å². The van der Waals surface area contributed by atoms with E-state index in [4.69, 9.17) is 4.99 Å². The van der Waals surface area contributed by atoms with Gasteiger partial charge in [-0.05, 0) is 50.2 Å². The molecule has 0 bridgehead atoms. The highest BCUT2D eigenvalue weighted by atomic mass is 127. The Balaban J connectivity index is 0.00000280. The zero-order valence-corrected chi connectivity index (χ0v) is 20.0. The lowest BCUT2D eigenvalue weighted by Crippen LogP contribution is -2.41. The second-order valence-corrected chi connectivity index (χ2v) is 10.1. The molecule has 1 heterocycles. The van der Waals surface area contributed by atoms with Crippen LogP contribution < -0.4 is 5.32 Å². The van der Waals surface area contributed by atoms with Gasteiger partial charge in [-0.15, -0.1) is 24.0 Å². The number of nitrogens with zero attached hydrogens (tertiary/aromatic N) is 2. The van der Waals surface area contributed by atoms with Gasteiger partial charge in [0, 0.05) is 26.2 Å². The highest BCUT2D eigenvalue weighted by Crippen LogP contribution is 2.43. The Bertz CT molecular complexity index is 731. The summed E-state index contributed by atoms with van der Waals surface area (Å²) in [5, 5.41) is 3.40. The average Bonchev–Trinajstić information content (AvgIpc) is 3.08. The molecule has 0 radical (unpaired) electrons. The zero-order chi connectivity index (χ0) is 19.2. The van der Waals surface area contributed by atoms with E-state index in [0.717, 1.165) is 25.6 Å². The van der Waals surface area contributed by atoms with Crippen LogP contribution in [0.4, 0.5) is 0 Å². The summed E-state index contributed by atoms with van der Waals surface area (Å²) in [5.74, 6) is 1.10. The summed E-state index contributed by atoms with van der Waals surface area (Å²) >= 11 is 0. The molecule has 1 saturated heterocycles. The lowest BCUT2D eigenvalue weighted by atomic mass is 9.73. The van der Waals surface area contributed by atoms with Crippen LogP contribution in [0.2, 0.25) is 0 Å². The molecule has 2 fully saturated rings. The molecule has 2 aliphatic rings. The molecule has 3 rings (SSSR count). The molecular weight excluding hydrogens is 485 g/mol. The molecule has 1 aliphatic carbocycles. The predicted octanol–water partition coefficient (Wildman–Crippen LogP) is 4.09. The van der Waals surface area contributed by atoms with E-state index in [9.17, 15) is 8.42 Å². The molecule has 0 unspecified atom stereocenters. The molecule has 1 aromatic rings. The van der Waals surface area contributed by atoms with Crippen LogP contribution in [0.1, 0.15) is 51.9 Å². The van der Waals surface area contributed by atoms with Gasteiger partial charge in [-0.3, -0.25) is 4.99 Å². The third-order valence-electron chi connectivity index (χ3n) is 5.92. The van der Waals surface area contributed by atoms with Crippen molar-refractivity contribution in [1.82, 2.24) is 10.2 Å². The minimum atomic E-state index is -3.22. The van der Waals surface area contributed by atoms with Gasteiger partial charge in [0.15, 0.2) is 15.8 Å². The minimum absolute atomic E-state index is 0. The molecule has 0 aromatic heterocycles. The number of sulfone groups is 1. The number of benzene rings is 1. The van der Waals surface area contributed by atoms with E-state index in [2.05, 4.69) is 17.1 Å². The van der Waals surface area contributed by atoms with Crippen molar-refractivity contribution in [2.45, 2.75) is 56.8 Å². The molecule has 0 atom stereocenters. The zero-order valence-electron chi connectivity index (χ0n) is 16.9. The van der Waals surface area contributed by atoms with Crippen LogP contribution in [0.3, 0.4) is 0 Å². The first kappa shape index (κ1) is 23.4. The first-order valence-electron chi connectivity index (χ1n) is 10.4. The van der Waals surface area contributed by atoms with Crippen molar-refractivity contribution in [1.29, 1.82) is 0 Å². The Morgan fingerprint density at radius 1 is 1.14 bits per heavy atom. The van der Waals surface area contributed by atoms with Gasteiger partial charge >= 0.3 is 0 Å². The summed E-state index contributed by atoms with van der Waals surface area (Å²) in [5.41, 5.74) is 0.491. The quantitative estimate of drug-likeness (QED) is 0.266. The van der Waals surface area contributed by atoms with Crippen molar-refractivity contribution < 1.29 is 8.42 Å². The third kappa shape index (κ3) is 6.08. The number of rotatable bonds is 6. The molecule has 1 saturated carbocycles. The monoisotopic (exact) mass is 519 g/mol. The second kappa shape index (κ2) is 10.8. The predicted molar refractivity (Wildman–Crippen MR) is 126 cm³/mol. The first-order valence-corrected chi connectivity index (χ1v) is 12.0. The van der Waals surface area contributed by atoms with Gasteiger partial charge in [0.05, 0.1) is 10.6 Å². The third-order valence-corrected chi connectivity index (χ3v) is 7.74.